The van der Waals surface area contributed by atoms with Crippen molar-refractivity contribution in [3.05, 3.63) is 57.0 Å². The summed E-state index contributed by atoms with van der Waals surface area (Å²) in [7, 11) is 0. The van der Waals surface area contributed by atoms with Crippen molar-refractivity contribution in [2.75, 3.05) is 0 Å². The molecule has 1 N–H and O–H groups in total. The SMILES string of the molecule is Fc1cc(-c2ccc(Br)c(Cl)c2F)ccc1CNC1CC1. The Bertz CT molecular complexity index is 686. The molecule has 0 radical (unpaired) electrons. The van der Waals surface area contributed by atoms with Crippen LogP contribution in [0.4, 0.5) is 8.78 Å². The second-order valence-corrected chi connectivity index (χ2v) is 6.42. The van der Waals surface area contributed by atoms with Gasteiger partial charge in [0.05, 0.1) is 5.02 Å². The minimum atomic E-state index is -0.547. The average molecular weight is 373 g/mol. The zero-order valence-corrected chi connectivity index (χ0v) is 13.4. The lowest BCUT2D eigenvalue weighted by Gasteiger charge is -2.09. The minimum Gasteiger partial charge on any atom is -0.310 e. The molecule has 3 rings (SSSR count). The van der Waals surface area contributed by atoms with Crippen molar-refractivity contribution in [1.29, 1.82) is 0 Å². The van der Waals surface area contributed by atoms with Crippen LogP contribution in [0.2, 0.25) is 5.02 Å². The number of halogens is 4. The summed E-state index contributed by atoms with van der Waals surface area (Å²) in [6.45, 7) is 0.500. The molecule has 0 atom stereocenters. The Morgan fingerprint density at radius 1 is 1.19 bits per heavy atom. The fourth-order valence-electron chi connectivity index (χ4n) is 2.15. The van der Waals surface area contributed by atoms with E-state index in [0.717, 1.165) is 12.8 Å². The molecule has 0 saturated heterocycles. The second kappa shape index (κ2) is 6.03. The van der Waals surface area contributed by atoms with Gasteiger partial charge in [-0.1, -0.05) is 29.8 Å². The van der Waals surface area contributed by atoms with Gasteiger partial charge in [-0.2, -0.15) is 0 Å². The topological polar surface area (TPSA) is 12.0 Å². The maximum atomic E-state index is 14.1. The molecule has 0 unspecified atom stereocenters. The molecule has 2 aromatic rings. The van der Waals surface area contributed by atoms with Gasteiger partial charge in [-0.15, -0.1) is 0 Å². The Hall–Kier alpha value is -0.970. The van der Waals surface area contributed by atoms with E-state index in [2.05, 4.69) is 21.2 Å². The summed E-state index contributed by atoms with van der Waals surface area (Å²) in [5, 5.41) is 3.27. The van der Waals surface area contributed by atoms with Crippen molar-refractivity contribution in [2.45, 2.75) is 25.4 Å². The number of hydrogen-bond donors (Lipinski definition) is 1. The smallest absolute Gasteiger partial charge is 0.150 e. The number of rotatable bonds is 4. The molecule has 1 saturated carbocycles. The Balaban J connectivity index is 1.89. The summed E-state index contributed by atoms with van der Waals surface area (Å²) in [4.78, 5) is 0. The first kappa shape index (κ1) is 14.9. The van der Waals surface area contributed by atoms with Gasteiger partial charge in [0, 0.05) is 28.2 Å². The van der Waals surface area contributed by atoms with Crippen LogP contribution < -0.4 is 5.32 Å². The molecule has 5 heteroatoms. The van der Waals surface area contributed by atoms with E-state index in [-0.39, 0.29) is 10.8 Å². The fourth-order valence-corrected chi connectivity index (χ4v) is 2.62. The van der Waals surface area contributed by atoms with E-state index in [9.17, 15) is 8.78 Å². The van der Waals surface area contributed by atoms with Crippen LogP contribution in [0.25, 0.3) is 11.1 Å². The van der Waals surface area contributed by atoms with Gasteiger partial charge in [0.25, 0.3) is 0 Å². The summed E-state index contributed by atoms with van der Waals surface area (Å²) in [6.07, 6.45) is 2.31. The highest BCUT2D eigenvalue weighted by Crippen LogP contribution is 2.33. The minimum absolute atomic E-state index is 0.00684. The average Bonchev–Trinajstić information content (AvgIpc) is 3.28. The Morgan fingerprint density at radius 2 is 1.95 bits per heavy atom. The Labute approximate surface area is 135 Å². The van der Waals surface area contributed by atoms with Crippen molar-refractivity contribution < 1.29 is 8.78 Å². The van der Waals surface area contributed by atoms with Crippen molar-refractivity contribution in [2.24, 2.45) is 0 Å². The zero-order valence-electron chi connectivity index (χ0n) is 11.1. The quantitative estimate of drug-likeness (QED) is 0.718. The second-order valence-electron chi connectivity index (χ2n) is 5.18. The lowest BCUT2D eigenvalue weighted by atomic mass is 10.0. The number of hydrogen-bond acceptors (Lipinski definition) is 1. The predicted molar refractivity (Wildman–Crippen MR) is 84.4 cm³/mol. The van der Waals surface area contributed by atoms with E-state index in [0.29, 0.717) is 33.7 Å². The van der Waals surface area contributed by atoms with Crippen molar-refractivity contribution in [3.8, 4) is 11.1 Å². The van der Waals surface area contributed by atoms with Crippen molar-refractivity contribution in [1.82, 2.24) is 5.32 Å². The molecule has 0 spiro atoms. The molecule has 1 nitrogen and oxygen atoms in total. The highest BCUT2D eigenvalue weighted by Gasteiger charge is 2.20. The van der Waals surface area contributed by atoms with Gasteiger partial charge >= 0.3 is 0 Å². The highest BCUT2D eigenvalue weighted by atomic mass is 79.9. The zero-order chi connectivity index (χ0) is 15.0. The van der Waals surface area contributed by atoms with Gasteiger partial charge in [0.1, 0.15) is 5.82 Å². The predicted octanol–water partition coefficient (Wildman–Crippen LogP) is 5.30. The van der Waals surface area contributed by atoms with Crippen LogP contribution in [0.5, 0.6) is 0 Å². The van der Waals surface area contributed by atoms with Crippen LogP contribution in [0.3, 0.4) is 0 Å². The Kier molecular flexibility index (Phi) is 4.29. The monoisotopic (exact) mass is 371 g/mol. The molecule has 0 heterocycles. The van der Waals surface area contributed by atoms with Gasteiger partial charge in [-0.3, -0.25) is 0 Å². The van der Waals surface area contributed by atoms with Gasteiger partial charge in [-0.05, 0) is 46.5 Å². The molecule has 110 valence electrons. The molecule has 1 aliphatic carbocycles. The largest absolute Gasteiger partial charge is 0.310 e. The highest BCUT2D eigenvalue weighted by molar-refractivity contribution is 9.10. The lowest BCUT2D eigenvalue weighted by Crippen LogP contribution is -2.16. The van der Waals surface area contributed by atoms with Crippen molar-refractivity contribution >= 4 is 27.5 Å². The van der Waals surface area contributed by atoms with Crippen LogP contribution in [0.15, 0.2) is 34.8 Å². The normalized spacial score (nSPS) is 14.5. The molecule has 1 fully saturated rings. The third-order valence-corrected chi connectivity index (χ3v) is 4.82. The van der Waals surface area contributed by atoms with Gasteiger partial charge in [0.2, 0.25) is 0 Å². The first-order valence-electron chi connectivity index (χ1n) is 6.72. The Morgan fingerprint density at radius 3 is 2.62 bits per heavy atom. The third-order valence-electron chi connectivity index (χ3n) is 3.56. The molecule has 2 aromatic carbocycles. The summed E-state index contributed by atoms with van der Waals surface area (Å²) >= 11 is 9.03. The number of benzene rings is 2. The maximum Gasteiger partial charge on any atom is 0.150 e. The van der Waals surface area contributed by atoms with Crippen LogP contribution in [0.1, 0.15) is 18.4 Å². The van der Waals surface area contributed by atoms with E-state index >= 15 is 0 Å². The first-order chi connectivity index (χ1) is 10.1. The molecule has 0 aromatic heterocycles. The molecule has 0 amide bonds. The summed E-state index contributed by atoms with van der Waals surface area (Å²) in [5.74, 6) is -0.881. The van der Waals surface area contributed by atoms with Crippen molar-refractivity contribution in [3.63, 3.8) is 0 Å². The summed E-state index contributed by atoms with van der Waals surface area (Å²) in [6, 6.07) is 8.52. The molecule has 0 aliphatic heterocycles. The van der Waals surface area contributed by atoms with Gasteiger partial charge in [0.15, 0.2) is 5.82 Å². The first-order valence-corrected chi connectivity index (χ1v) is 7.89. The van der Waals surface area contributed by atoms with E-state index in [1.165, 1.54) is 6.07 Å². The van der Waals surface area contributed by atoms with E-state index in [1.54, 1.807) is 24.3 Å². The number of nitrogens with one attached hydrogen (secondary N) is 1. The molecule has 0 bridgehead atoms. The molecule has 21 heavy (non-hydrogen) atoms. The van der Waals surface area contributed by atoms with Gasteiger partial charge in [-0.25, -0.2) is 8.78 Å². The molecular weight excluding hydrogens is 360 g/mol. The molecule has 1 aliphatic rings. The molecular formula is C16H13BrClF2N. The van der Waals surface area contributed by atoms with E-state index < -0.39 is 5.82 Å². The summed E-state index contributed by atoms with van der Waals surface area (Å²) < 4.78 is 28.7. The van der Waals surface area contributed by atoms with Crippen LogP contribution in [-0.2, 0) is 6.54 Å². The fraction of sp³-hybridized carbons (Fsp3) is 0.250. The standard InChI is InChI=1S/C16H13BrClF2N/c17-13-6-5-12(16(20)15(13)18)9-1-2-10(14(19)7-9)8-21-11-3-4-11/h1-2,5-7,11,21H,3-4,8H2. The van der Waals surface area contributed by atoms with E-state index in [4.69, 9.17) is 11.6 Å². The van der Waals surface area contributed by atoms with Crippen LogP contribution in [-0.4, -0.2) is 6.04 Å². The lowest BCUT2D eigenvalue weighted by molar-refractivity contribution is 0.587. The third kappa shape index (κ3) is 3.28. The van der Waals surface area contributed by atoms with Crippen LogP contribution in [0, 0.1) is 11.6 Å². The maximum absolute atomic E-state index is 14.1. The van der Waals surface area contributed by atoms with Crippen LogP contribution >= 0.6 is 27.5 Å². The van der Waals surface area contributed by atoms with E-state index in [1.807, 2.05) is 0 Å². The van der Waals surface area contributed by atoms with Gasteiger partial charge < -0.3 is 5.32 Å². The summed E-state index contributed by atoms with van der Waals surface area (Å²) in [5.41, 5.74) is 1.37.